The minimum atomic E-state index is 0.547. The number of aromatic amines is 2. The number of benzene rings is 1. The fourth-order valence-electron chi connectivity index (χ4n) is 2.32. The molecule has 0 aliphatic heterocycles. The van der Waals surface area contributed by atoms with Crippen molar-refractivity contribution in [1.82, 2.24) is 20.2 Å². The van der Waals surface area contributed by atoms with Crippen LogP contribution in [0.5, 0.6) is 0 Å². The summed E-state index contributed by atoms with van der Waals surface area (Å²) in [5.41, 5.74) is 2.92. The first-order valence-electron chi connectivity index (χ1n) is 7.17. The Kier molecular flexibility index (Phi) is 4.10. The summed E-state index contributed by atoms with van der Waals surface area (Å²) < 4.78 is 0. The van der Waals surface area contributed by atoms with Crippen LogP contribution in [0.15, 0.2) is 24.4 Å². The zero-order valence-electron chi connectivity index (χ0n) is 11.9. The lowest BCUT2D eigenvalue weighted by atomic mass is 10.2. The molecular formula is C15H18ClN5. The molecule has 110 valence electrons. The largest absolute Gasteiger partial charge is 0.378 e. The SMILES string of the molecule is CCCCc1nc(Cl)c(CNc2cccc3cn[nH]c23)[nH]1. The molecule has 2 heterocycles. The molecule has 6 heteroatoms. The van der Waals surface area contributed by atoms with Gasteiger partial charge in [0.05, 0.1) is 29.6 Å². The van der Waals surface area contributed by atoms with E-state index in [-0.39, 0.29) is 0 Å². The Balaban J connectivity index is 1.72. The first-order valence-corrected chi connectivity index (χ1v) is 7.55. The Morgan fingerprint density at radius 2 is 2.24 bits per heavy atom. The second-order valence-electron chi connectivity index (χ2n) is 5.05. The summed E-state index contributed by atoms with van der Waals surface area (Å²) in [7, 11) is 0. The minimum absolute atomic E-state index is 0.547. The monoisotopic (exact) mass is 303 g/mol. The minimum Gasteiger partial charge on any atom is -0.378 e. The van der Waals surface area contributed by atoms with Crippen LogP contribution < -0.4 is 5.32 Å². The third kappa shape index (κ3) is 3.03. The van der Waals surface area contributed by atoms with E-state index in [4.69, 9.17) is 11.6 Å². The van der Waals surface area contributed by atoms with Crippen LogP contribution in [0.2, 0.25) is 5.15 Å². The number of imidazole rings is 1. The van der Waals surface area contributed by atoms with Gasteiger partial charge in [-0.15, -0.1) is 0 Å². The predicted octanol–water partition coefficient (Wildman–Crippen LogP) is 3.89. The van der Waals surface area contributed by atoms with E-state index in [1.54, 1.807) is 0 Å². The van der Waals surface area contributed by atoms with E-state index in [1.807, 2.05) is 24.4 Å². The Bertz CT molecular complexity index is 731. The van der Waals surface area contributed by atoms with Crippen LogP contribution in [-0.4, -0.2) is 20.2 Å². The molecule has 5 nitrogen and oxygen atoms in total. The first kappa shape index (κ1) is 13.9. The van der Waals surface area contributed by atoms with E-state index in [0.29, 0.717) is 11.7 Å². The summed E-state index contributed by atoms with van der Waals surface area (Å²) >= 11 is 6.18. The highest BCUT2D eigenvalue weighted by atomic mass is 35.5. The van der Waals surface area contributed by atoms with Gasteiger partial charge in [0.2, 0.25) is 0 Å². The number of hydrogen-bond acceptors (Lipinski definition) is 3. The molecule has 0 aliphatic rings. The normalized spacial score (nSPS) is 11.1. The zero-order valence-corrected chi connectivity index (χ0v) is 12.7. The fourth-order valence-corrected chi connectivity index (χ4v) is 2.54. The van der Waals surface area contributed by atoms with Crippen molar-refractivity contribution in [3.63, 3.8) is 0 Å². The molecule has 3 rings (SSSR count). The average molecular weight is 304 g/mol. The third-order valence-corrected chi connectivity index (χ3v) is 3.79. The molecule has 0 fully saturated rings. The van der Waals surface area contributed by atoms with Gasteiger partial charge in [0, 0.05) is 11.8 Å². The molecule has 0 amide bonds. The molecule has 3 aromatic rings. The molecule has 21 heavy (non-hydrogen) atoms. The summed E-state index contributed by atoms with van der Waals surface area (Å²) in [6.45, 7) is 2.77. The second kappa shape index (κ2) is 6.18. The van der Waals surface area contributed by atoms with Crippen LogP contribution in [0, 0.1) is 0 Å². The molecule has 0 unspecified atom stereocenters. The van der Waals surface area contributed by atoms with E-state index in [2.05, 4.69) is 32.4 Å². The van der Waals surface area contributed by atoms with E-state index in [9.17, 15) is 0 Å². The van der Waals surface area contributed by atoms with Crippen LogP contribution >= 0.6 is 11.6 Å². The molecule has 0 bridgehead atoms. The number of aryl methyl sites for hydroxylation is 1. The Morgan fingerprint density at radius 3 is 3.10 bits per heavy atom. The summed E-state index contributed by atoms with van der Waals surface area (Å²) in [4.78, 5) is 7.66. The lowest BCUT2D eigenvalue weighted by molar-refractivity contribution is 0.760. The number of rotatable bonds is 6. The van der Waals surface area contributed by atoms with E-state index >= 15 is 0 Å². The number of hydrogen-bond donors (Lipinski definition) is 3. The molecule has 1 aromatic carbocycles. The van der Waals surface area contributed by atoms with Gasteiger partial charge in [-0.25, -0.2) is 4.98 Å². The van der Waals surface area contributed by atoms with Gasteiger partial charge in [-0.2, -0.15) is 5.10 Å². The molecule has 0 aliphatic carbocycles. The van der Waals surface area contributed by atoms with Gasteiger partial charge in [0.25, 0.3) is 0 Å². The molecule has 3 N–H and O–H groups in total. The lowest BCUT2D eigenvalue weighted by Crippen LogP contribution is -2.01. The quantitative estimate of drug-likeness (QED) is 0.647. The number of aromatic nitrogens is 4. The number of unbranched alkanes of at least 4 members (excludes halogenated alkanes) is 1. The number of fused-ring (bicyclic) bond motifs is 1. The topological polar surface area (TPSA) is 69.4 Å². The maximum Gasteiger partial charge on any atom is 0.152 e. The maximum absolute atomic E-state index is 6.18. The molecule has 0 radical (unpaired) electrons. The third-order valence-electron chi connectivity index (χ3n) is 3.48. The van der Waals surface area contributed by atoms with Crippen LogP contribution in [0.1, 0.15) is 31.3 Å². The number of nitrogens with zero attached hydrogens (tertiary/aromatic N) is 2. The molecule has 0 saturated heterocycles. The standard InChI is InChI=1S/C15H18ClN5/c1-2-3-7-13-19-12(15(16)20-13)9-17-11-6-4-5-10-8-18-21-14(10)11/h4-6,8,17H,2-3,7,9H2,1H3,(H,18,21)(H,19,20). The van der Waals surface area contributed by atoms with Crippen molar-refractivity contribution in [2.24, 2.45) is 0 Å². The lowest BCUT2D eigenvalue weighted by Gasteiger charge is -2.06. The highest BCUT2D eigenvalue weighted by molar-refractivity contribution is 6.30. The molecule has 2 aromatic heterocycles. The summed E-state index contributed by atoms with van der Waals surface area (Å²) in [6, 6.07) is 6.04. The van der Waals surface area contributed by atoms with Crippen molar-refractivity contribution in [3.8, 4) is 0 Å². The Labute approximate surface area is 128 Å². The molecule has 0 saturated carbocycles. The van der Waals surface area contributed by atoms with Crippen molar-refractivity contribution >= 4 is 28.2 Å². The van der Waals surface area contributed by atoms with Gasteiger partial charge in [0.15, 0.2) is 5.15 Å². The van der Waals surface area contributed by atoms with Gasteiger partial charge in [-0.1, -0.05) is 37.1 Å². The zero-order chi connectivity index (χ0) is 14.7. The van der Waals surface area contributed by atoms with E-state index in [0.717, 1.165) is 47.4 Å². The Hall–Kier alpha value is -2.01. The molecule has 0 atom stereocenters. The number of H-pyrrole nitrogens is 2. The van der Waals surface area contributed by atoms with Gasteiger partial charge < -0.3 is 10.3 Å². The van der Waals surface area contributed by atoms with E-state index in [1.165, 1.54) is 0 Å². The van der Waals surface area contributed by atoms with E-state index < -0.39 is 0 Å². The summed E-state index contributed by atoms with van der Waals surface area (Å²) in [5, 5.41) is 12.1. The van der Waals surface area contributed by atoms with Crippen molar-refractivity contribution < 1.29 is 0 Å². The van der Waals surface area contributed by atoms with Crippen molar-refractivity contribution in [3.05, 3.63) is 41.1 Å². The van der Waals surface area contributed by atoms with Crippen LogP contribution in [0.25, 0.3) is 10.9 Å². The fraction of sp³-hybridized carbons (Fsp3) is 0.333. The van der Waals surface area contributed by atoms with Crippen LogP contribution in [-0.2, 0) is 13.0 Å². The second-order valence-corrected chi connectivity index (χ2v) is 5.41. The van der Waals surface area contributed by atoms with Gasteiger partial charge in [0.1, 0.15) is 5.82 Å². The molecule has 0 spiro atoms. The average Bonchev–Trinajstić information content (AvgIpc) is 3.09. The first-order chi connectivity index (χ1) is 10.3. The smallest absolute Gasteiger partial charge is 0.152 e. The number of nitrogens with one attached hydrogen (secondary N) is 3. The summed E-state index contributed by atoms with van der Waals surface area (Å²) in [5.74, 6) is 0.957. The number of anilines is 1. The van der Waals surface area contributed by atoms with Crippen LogP contribution in [0.4, 0.5) is 5.69 Å². The number of halogens is 1. The molecular weight excluding hydrogens is 286 g/mol. The number of para-hydroxylation sites is 1. The van der Waals surface area contributed by atoms with Gasteiger partial charge in [-0.05, 0) is 12.5 Å². The summed E-state index contributed by atoms with van der Waals surface area (Å²) in [6.07, 6.45) is 5.01. The van der Waals surface area contributed by atoms with Crippen molar-refractivity contribution in [2.45, 2.75) is 32.7 Å². The van der Waals surface area contributed by atoms with Crippen LogP contribution in [0.3, 0.4) is 0 Å². The van der Waals surface area contributed by atoms with Crippen molar-refractivity contribution in [2.75, 3.05) is 5.32 Å². The predicted molar refractivity (Wildman–Crippen MR) is 85.6 cm³/mol. The van der Waals surface area contributed by atoms with Gasteiger partial charge >= 0.3 is 0 Å². The Morgan fingerprint density at radius 1 is 1.33 bits per heavy atom. The highest BCUT2D eigenvalue weighted by Crippen LogP contribution is 2.22. The van der Waals surface area contributed by atoms with Crippen molar-refractivity contribution in [1.29, 1.82) is 0 Å². The van der Waals surface area contributed by atoms with Gasteiger partial charge in [-0.3, -0.25) is 5.10 Å². The maximum atomic E-state index is 6.18. The highest BCUT2D eigenvalue weighted by Gasteiger charge is 2.09.